The number of halogens is 6. The summed E-state index contributed by atoms with van der Waals surface area (Å²) in [5, 5.41) is 5.04. The number of benzene rings is 6. The number of carbonyl (C=O) groups is 1. The van der Waals surface area contributed by atoms with Crippen LogP contribution in [0.5, 0.6) is 0 Å². The molecule has 11 nitrogen and oxygen atoms in total. The summed E-state index contributed by atoms with van der Waals surface area (Å²) < 4.78 is 130. The van der Waals surface area contributed by atoms with Gasteiger partial charge in [0, 0.05) is 38.1 Å². The average molecular weight is 1300 g/mol. The molecule has 0 bridgehead atoms. The average Bonchev–Trinajstić information content (AvgIpc) is 3.54. The fourth-order valence-electron chi connectivity index (χ4n) is 5.54. The topological polar surface area (TPSA) is 200 Å². The minimum atomic E-state index is -1.28. The van der Waals surface area contributed by atoms with Crippen molar-refractivity contribution in [2.45, 2.75) is 168 Å². The summed E-state index contributed by atoms with van der Waals surface area (Å²) in [6, 6.07) is 36.2. The minimum absolute atomic E-state index is 0. The van der Waals surface area contributed by atoms with Crippen LogP contribution in [0.15, 0.2) is 150 Å². The Hall–Kier alpha value is -4.30. The van der Waals surface area contributed by atoms with Gasteiger partial charge in [-0.3, -0.25) is 9.93 Å². The number of ketones is 1. The minimum Gasteiger partial charge on any atom is -1.00 e. The molecular weight excluding hydrogens is 1210 g/mol. The Morgan fingerprint density at radius 3 is 0.839 bits per heavy atom. The number of hydrogen-bond acceptors (Lipinski definition) is 7. The van der Waals surface area contributed by atoms with Crippen LogP contribution in [0.1, 0.15) is 188 Å². The number of nitrogens with zero attached hydrogens (tertiary/aromatic N) is 1. The van der Waals surface area contributed by atoms with Gasteiger partial charge in [0.1, 0.15) is 45.9 Å². The Labute approximate surface area is 550 Å². The Bertz CT molecular complexity index is 2920. The van der Waals surface area contributed by atoms with Crippen LogP contribution in [0, 0.1) is 34.9 Å². The summed E-state index contributed by atoms with van der Waals surface area (Å²) in [6.07, 6.45) is 0. The number of nitrogens with two attached hydrogens (primary N) is 3. The molecule has 0 amide bonds. The molecule has 8 atom stereocenters. The predicted molar refractivity (Wildman–Crippen MR) is 352 cm³/mol. The van der Waals surface area contributed by atoms with Crippen LogP contribution in [0.2, 0.25) is 0 Å². The van der Waals surface area contributed by atoms with Gasteiger partial charge in [-0.15, -0.1) is 0 Å². The van der Waals surface area contributed by atoms with E-state index in [1.165, 1.54) is 91.9 Å². The van der Waals surface area contributed by atoms with Crippen molar-refractivity contribution in [2.75, 3.05) is 0 Å². The first-order valence-electron chi connectivity index (χ1n) is 27.0. The quantitative estimate of drug-likeness (QED) is 0.0368. The van der Waals surface area contributed by atoms with Gasteiger partial charge in [-0.25, -0.2) is 52.6 Å². The van der Waals surface area contributed by atoms with Gasteiger partial charge in [-0.2, -0.15) is 4.40 Å². The van der Waals surface area contributed by atoms with Crippen molar-refractivity contribution in [3.05, 3.63) is 214 Å². The molecule has 477 valence electrons. The van der Waals surface area contributed by atoms with Gasteiger partial charge in [0.15, 0.2) is 5.78 Å². The van der Waals surface area contributed by atoms with Gasteiger partial charge < -0.3 is 12.9 Å². The van der Waals surface area contributed by atoms with E-state index in [4.69, 9.17) is 16.6 Å². The van der Waals surface area contributed by atoms with E-state index in [2.05, 4.69) is 13.8 Å². The van der Waals surface area contributed by atoms with E-state index in [0.29, 0.717) is 11.3 Å². The normalized spacial score (nSPS) is 14.0. The van der Waals surface area contributed by atoms with Gasteiger partial charge in [0.2, 0.25) is 0 Å². The van der Waals surface area contributed by atoms with Gasteiger partial charge >= 0.3 is 29.6 Å². The maximum atomic E-state index is 12.7. The van der Waals surface area contributed by atoms with E-state index >= 15 is 0 Å². The van der Waals surface area contributed by atoms with E-state index in [-0.39, 0.29) is 123 Å². The second-order valence-electron chi connectivity index (χ2n) is 23.2. The molecule has 0 saturated heterocycles. The van der Waals surface area contributed by atoms with E-state index < -0.39 is 43.9 Å². The third-order valence-electron chi connectivity index (χ3n) is 11.1. The monoisotopic (exact) mass is 1300 g/mol. The molecule has 0 unspecified atom stereocenters. The van der Waals surface area contributed by atoms with Crippen molar-refractivity contribution < 1.29 is 79.0 Å². The first-order valence-corrected chi connectivity index (χ1v) is 31.6. The largest absolute Gasteiger partial charge is 1.00 e. The molecule has 0 heterocycles. The van der Waals surface area contributed by atoms with Crippen LogP contribution in [-0.4, -0.2) is 55.7 Å². The maximum Gasteiger partial charge on any atom is 1.00 e. The molecule has 0 aliphatic rings. The molecule has 0 saturated carbocycles. The second kappa shape index (κ2) is 41.9. The first kappa shape index (κ1) is 86.9. The molecule has 0 spiro atoms. The molecular formula is C64H91BF6N6NaO5S4. The van der Waals surface area contributed by atoms with E-state index in [1.807, 2.05) is 111 Å². The zero-order valence-corrected chi connectivity index (χ0v) is 59.1. The number of Topliss-reactive ketones (excluding diaryl/α,β-unsaturated/α-hetero) is 1. The number of hydrogen-bond donors (Lipinski definition) is 5. The Kier molecular flexibility index (Phi) is 41.9. The molecule has 3 radical (unpaired) electrons. The standard InChI is InChI=1S/2C12H18FNOS.C12H16FNOS.2C8H10FN.C8H7FO.C4H11NOS.B.Na.H/c3*1-9(14-16(15)12(2,3)4)10-5-7-11(13)8-6-10;3*1-6(10)7-2-4-8(9)5-3-7;1-4(2,3)7(5)6;;;/h2*5-9,14H,1-4H3;5-8H,1-4H3;2*2-6H,10H2,1H3;2-5H,1H3;5H2,1-3H3;;;/q;;;;;;;;+1;-1/t9-,16+;9-,16-;16-;2*6-;;7-;;;/m10010.0.../s1. The Balaban J connectivity index is -0.000000473. The molecule has 0 fully saturated rings. The SMILES string of the molecule is CC(=N[S@@](=O)C(C)(C)C)c1ccc(F)cc1.CC(=O)c1ccc(F)cc1.CC(C)(C)[S@@](N)=O.C[C@@H](N)c1ccc(F)cc1.C[C@@H](N[S@@](=O)C(C)(C)C)c1ccc(F)cc1.C[C@H](N)c1ccc(F)cc1.C[C@H](N[S@@](=O)C(C)(C)C)c1ccc(F)cc1.[B].[H-].[Na+]. The molecule has 87 heavy (non-hydrogen) atoms. The molecule has 6 aromatic rings. The van der Waals surface area contributed by atoms with Crippen molar-refractivity contribution >= 4 is 63.9 Å². The maximum absolute atomic E-state index is 12.7. The zero-order valence-electron chi connectivity index (χ0n) is 54.9. The number of rotatable bonds is 11. The van der Waals surface area contributed by atoms with Gasteiger partial charge in [-0.05, 0) is 237 Å². The number of carbonyl (C=O) groups excluding carboxylic acids is 1. The summed E-state index contributed by atoms with van der Waals surface area (Å²) in [5.41, 5.74) is 16.9. The van der Waals surface area contributed by atoms with Crippen LogP contribution in [-0.2, 0) is 43.9 Å². The third-order valence-corrected chi connectivity index (χ3v) is 17.1. The fraction of sp³-hybridized carbons (Fsp3) is 0.406. The van der Waals surface area contributed by atoms with E-state index in [9.17, 15) is 48.0 Å². The molecule has 6 rings (SSSR count). The van der Waals surface area contributed by atoms with Crippen LogP contribution in [0.4, 0.5) is 26.3 Å². The molecule has 8 N–H and O–H groups in total. The van der Waals surface area contributed by atoms with Crippen LogP contribution in [0.25, 0.3) is 0 Å². The molecule has 0 aromatic heterocycles. The van der Waals surface area contributed by atoms with Crippen molar-refractivity contribution in [2.24, 2.45) is 21.0 Å². The Morgan fingerprint density at radius 2 is 0.644 bits per heavy atom. The molecule has 0 aliphatic heterocycles. The van der Waals surface area contributed by atoms with Crippen LogP contribution < -0.4 is 55.6 Å². The van der Waals surface area contributed by atoms with E-state index in [1.54, 1.807) is 67.6 Å². The summed E-state index contributed by atoms with van der Waals surface area (Å²) in [4.78, 5) is 10.6. The Morgan fingerprint density at radius 1 is 0.425 bits per heavy atom. The predicted octanol–water partition coefficient (Wildman–Crippen LogP) is 11.8. The molecule has 0 aliphatic carbocycles. The third kappa shape index (κ3) is 38.8. The van der Waals surface area contributed by atoms with Crippen molar-refractivity contribution in [3.8, 4) is 0 Å². The van der Waals surface area contributed by atoms with Gasteiger partial charge in [-0.1, -0.05) is 60.7 Å². The zero-order chi connectivity index (χ0) is 65.8. The summed E-state index contributed by atoms with van der Waals surface area (Å²) >= 11 is 0. The van der Waals surface area contributed by atoms with Gasteiger partial charge in [0.05, 0.1) is 57.7 Å². The van der Waals surface area contributed by atoms with Crippen LogP contribution >= 0.6 is 0 Å². The fourth-order valence-corrected chi connectivity index (χ4v) is 7.79. The van der Waals surface area contributed by atoms with Crippen LogP contribution in [0.3, 0.4) is 0 Å². The van der Waals surface area contributed by atoms with Crippen molar-refractivity contribution in [3.63, 3.8) is 0 Å². The van der Waals surface area contributed by atoms with Crippen molar-refractivity contribution in [1.29, 1.82) is 0 Å². The first-order chi connectivity index (χ1) is 38.9. The van der Waals surface area contributed by atoms with Gasteiger partial charge in [0.25, 0.3) is 0 Å². The smallest absolute Gasteiger partial charge is 1.00 e. The summed E-state index contributed by atoms with van der Waals surface area (Å²) in [5.74, 6) is -1.59. The second-order valence-corrected chi connectivity index (χ2v) is 31.0. The summed E-state index contributed by atoms with van der Waals surface area (Å²) in [7, 11) is -4.70. The van der Waals surface area contributed by atoms with Crippen molar-refractivity contribution in [1.82, 2.24) is 9.44 Å². The van der Waals surface area contributed by atoms with E-state index in [0.717, 1.165) is 27.8 Å². The summed E-state index contributed by atoms with van der Waals surface area (Å²) in [6.45, 7) is 33.4. The molecule has 6 aromatic carbocycles. The molecule has 23 heteroatoms. The number of nitrogens with one attached hydrogen (secondary N) is 2.